The molecule has 2 fully saturated rings. The van der Waals surface area contributed by atoms with Crippen LogP contribution in [0.1, 0.15) is 46.5 Å². The summed E-state index contributed by atoms with van der Waals surface area (Å²) < 4.78 is 0. The number of rotatable bonds is 1. The predicted molar refractivity (Wildman–Crippen MR) is 69.7 cm³/mol. The maximum Gasteiger partial charge on any atom is 0.0125 e. The van der Waals surface area contributed by atoms with Crippen molar-refractivity contribution in [3.05, 3.63) is 0 Å². The minimum Gasteiger partial charge on any atom is -0.306 e. The van der Waals surface area contributed by atoms with Gasteiger partial charge in [0.05, 0.1) is 0 Å². The van der Waals surface area contributed by atoms with Crippen LogP contribution < -0.4 is 0 Å². The molecule has 1 aliphatic heterocycles. The molecule has 1 aliphatic carbocycles. The summed E-state index contributed by atoms with van der Waals surface area (Å²) in [5.41, 5.74) is 1.09. The third kappa shape index (κ3) is 2.28. The van der Waals surface area contributed by atoms with Gasteiger partial charge in [0.2, 0.25) is 0 Å². The molecule has 16 heavy (non-hydrogen) atoms. The number of hydrogen-bond acceptors (Lipinski definition) is 2. The molecule has 0 radical (unpaired) electrons. The zero-order chi connectivity index (χ0) is 12.0. The molecule has 2 nitrogen and oxygen atoms in total. The Morgan fingerprint density at radius 1 is 1.06 bits per heavy atom. The van der Waals surface area contributed by atoms with Crippen LogP contribution in [0.3, 0.4) is 0 Å². The third-order valence-electron chi connectivity index (χ3n) is 4.84. The average molecular weight is 224 g/mol. The number of piperidine rings is 1. The van der Waals surface area contributed by atoms with E-state index in [4.69, 9.17) is 0 Å². The molecule has 0 unspecified atom stereocenters. The zero-order valence-corrected chi connectivity index (χ0v) is 11.7. The fourth-order valence-electron chi connectivity index (χ4n) is 3.37. The SMILES string of the molecule is CN(C)C1CC2(CCN(C(C)(C)C)CC2)C1. The summed E-state index contributed by atoms with van der Waals surface area (Å²) >= 11 is 0. The topological polar surface area (TPSA) is 6.48 Å². The Balaban J connectivity index is 1.83. The highest BCUT2D eigenvalue weighted by Crippen LogP contribution is 2.50. The van der Waals surface area contributed by atoms with E-state index in [1.54, 1.807) is 0 Å². The fraction of sp³-hybridized carbons (Fsp3) is 1.00. The van der Waals surface area contributed by atoms with Crippen LogP contribution in [0.15, 0.2) is 0 Å². The smallest absolute Gasteiger partial charge is 0.0125 e. The summed E-state index contributed by atoms with van der Waals surface area (Å²) in [5.74, 6) is 0. The summed E-state index contributed by atoms with van der Waals surface area (Å²) in [7, 11) is 4.45. The molecule has 2 aliphatic rings. The van der Waals surface area contributed by atoms with Gasteiger partial charge in [-0.2, -0.15) is 0 Å². The molecule has 1 heterocycles. The minimum absolute atomic E-state index is 0.367. The van der Waals surface area contributed by atoms with Gasteiger partial charge in [0.25, 0.3) is 0 Å². The lowest BCUT2D eigenvalue weighted by molar-refractivity contribution is -0.0458. The largest absolute Gasteiger partial charge is 0.306 e. The van der Waals surface area contributed by atoms with Gasteiger partial charge < -0.3 is 4.90 Å². The minimum atomic E-state index is 0.367. The lowest BCUT2D eigenvalue weighted by atomic mass is 9.60. The molecule has 0 amide bonds. The number of hydrogen-bond donors (Lipinski definition) is 0. The molecule has 1 spiro atoms. The first-order valence-electron chi connectivity index (χ1n) is 6.74. The highest BCUT2D eigenvalue weighted by Gasteiger charge is 2.47. The summed E-state index contributed by atoms with van der Waals surface area (Å²) in [6.45, 7) is 9.64. The van der Waals surface area contributed by atoms with Gasteiger partial charge in [0.1, 0.15) is 0 Å². The third-order valence-corrected chi connectivity index (χ3v) is 4.84. The van der Waals surface area contributed by atoms with Crippen LogP contribution >= 0.6 is 0 Å². The monoisotopic (exact) mass is 224 g/mol. The Hall–Kier alpha value is -0.0800. The van der Waals surface area contributed by atoms with Gasteiger partial charge in [0.15, 0.2) is 0 Å². The molecule has 0 aromatic rings. The zero-order valence-electron chi connectivity index (χ0n) is 11.7. The Morgan fingerprint density at radius 3 is 1.94 bits per heavy atom. The highest BCUT2D eigenvalue weighted by atomic mass is 15.2. The molecule has 2 heteroatoms. The van der Waals surface area contributed by atoms with Crippen molar-refractivity contribution >= 4 is 0 Å². The van der Waals surface area contributed by atoms with E-state index >= 15 is 0 Å². The highest BCUT2D eigenvalue weighted by molar-refractivity contribution is 5.01. The van der Waals surface area contributed by atoms with Gasteiger partial charge in [-0.1, -0.05) is 0 Å². The summed E-state index contributed by atoms with van der Waals surface area (Å²) in [4.78, 5) is 5.06. The number of likely N-dealkylation sites (tertiary alicyclic amines) is 1. The summed E-state index contributed by atoms with van der Waals surface area (Å²) in [6, 6.07) is 0.862. The fourth-order valence-corrected chi connectivity index (χ4v) is 3.37. The van der Waals surface area contributed by atoms with Crippen molar-refractivity contribution in [3.63, 3.8) is 0 Å². The van der Waals surface area contributed by atoms with Gasteiger partial charge in [-0.25, -0.2) is 0 Å². The van der Waals surface area contributed by atoms with Gasteiger partial charge in [-0.15, -0.1) is 0 Å². The molecule has 94 valence electrons. The van der Waals surface area contributed by atoms with Gasteiger partial charge in [-0.3, -0.25) is 4.90 Å². The predicted octanol–water partition coefficient (Wildman–Crippen LogP) is 2.59. The van der Waals surface area contributed by atoms with Crippen LogP contribution in [0.4, 0.5) is 0 Å². The summed E-state index contributed by atoms with van der Waals surface area (Å²) in [6.07, 6.45) is 5.74. The summed E-state index contributed by atoms with van der Waals surface area (Å²) in [5, 5.41) is 0. The van der Waals surface area contributed by atoms with Gasteiger partial charge in [0, 0.05) is 11.6 Å². The molecule has 2 rings (SSSR count). The second-order valence-corrected chi connectivity index (χ2v) is 7.18. The van der Waals surface area contributed by atoms with Crippen molar-refractivity contribution in [2.45, 2.75) is 58.0 Å². The van der Waals surface area contributed by atoms with Crippen LogP contribution in [0.5, 0.6) is 0 Å². The van der Waals surface area contributed by atoms with E-state index in [9.17, 15) is 0 Å². The molecular formula is C14H28N2. The second-order valence-electron chi connectivity index (χ2n) is 7.18. The van der Waals surface area contributed by atoms with Gasteiger partial charge >= 0.3 is 0 Å². The normalized spacial score (nSPS) is 27.4. The van der Waals surface area contributed by atoms with Crippen LogP contribution in [0.2, 0.25) is 0 Å². The van der Waals surface area contributed by atoms with Crippen molar-refractivity contribution < 1.29 is 0 Å². The lowest BCUT2D eigenvalue weighted by Crippen LogP contribution is -2.56. The molecule has 1 saturated carbocycles. The van der Waals surface area contributed by atoms with Gasteiger partial charge in [-0.05, 0) is 79.1 Å². The van der Waals surface area contributed by atoms with Crippen molar-refractivity contribution in [2.75, 3.05) is 27.2 Å². The van der Waals surface area contributed by atoms with E-state index in [0.29, 0.717) is 5.54 Å². The first kappa shape index (κ1) is 12.4. The second kappa shape index (κ2) is 3.99. The molecule has 1 saturated heterocycles. The van der Waals surface area contributed by atoms with E-state index in [1.807, 2.05) is 0 Å². The van der Waals surface area contributed by atoms with Crippen molar-refractivity contribution in [1.29, 1.82) is 0 Å². The molecule has 0 N–H and O–H groups in total. The Labute approximate surface area is 101 Å². The van der Waals surface area contributed by atoms with Crippen LogP contribution in [0.25, 0.3) is 0 Å². The van der Waals surface area contributed by atoms with E-state index in [2.05, 4.69) is 44.7 Å². The molecule has 0 aromatic carbocycles. The van der Waals surface area contributed by atoms with E-state index in [0.717, 1.165) is 11.5 Å². The quantitative estimate of drug-likeness (QED) is 0.675. The molecule has 0 atom stereocenters. The van der Waals surface area contributed by atoms with E-state index < -0.39 is 0 Å². The Kier molecular flexibility index (Phi) is 3.09. The Bertz CT molecular complexity index is 236. The Morgan fingerprint density at radius 2 is 1.56 bits per heavy atom. The van der Waals surface area contributed by atoms with Crippen LogP contribution in [-0.4, -0.2) is 48.6 Å². The van der Waals surface area contributed by atoms with E-state index in [1.165, 1.54) is 38.8 Å². The average Bonchev–Trinajstić information content (AvgIpc) is 2.12. The molecule has 0 bridgehead atoms. The molecule has 0 aromatic heterocycles. The lowest BCUT2D eigenvalue weighted by Gasteiger charge is -2.55. The first-order chi connectivity index (χ1) is 7.32. The molecular weight excluding hydrogens is 196 g/mol. The standard InChI is InChI=1S/C14H28N2/c1-13(2,3)16-8-6-14(7-9-16)10-12(11-14)15(4)5/h12H,6-11H2,1-5H3. The first-order valence-corrected chi connectivity index (χ1v) is 6.74. The van der Waals surface area contributed by atoms with E-state index in [-0.39, 0.29) is 0 Å². The maximum absolute atomic E-state index is 2.65. The van der Waals surface area contributed by atoms with Crippen LogP contribution in [-0.2, 0) is 0 Å². The van der Waals surface area contributed by atoms with Crippen molar-refractivity contribution in [1.82, 2.24) is 9.80 Å². The maximum atomic E-state index is 2.65. The van der Waals surface area contributed by atoms with Crippen molar-refractivity contribution in [2.24, 2.45) is 5.41 Å². The van der Waals surface area contributed by atoms with Crippen LogP contribution in [0, 0.1) is 5.41 Å². The van der Waals surface area contributed by atoms with Crippen molar-refractivity contribution in [3.8, 4) is 0 Å². The number of nitrogens with zero attached hydrogens (tertiary/aromatic N) is 2.